The molecule has 186 valence electrons. The van der Waals surface area contributed by atoms with Gasteiger partial charge in [0.25, 0.3) is 0 Å². The zero-order valence-corrected chi connectivity index (χ0v) is 20.9. The lowest BCUT2D eigenvalue weighted by Gasteiger charge is -2.25. The maximum absolute atomic E-state index is 15.1. The number of nitrogens with two attached hydrogens (primary N) is 1. The molecule has 1 heterocycles. The third-order valence-corrected chi connectivity index (χ3v) is 6.40. The van der Waals surface area contributed by atoms with Crippen LogP contribution in [0.25, 0.3) is 10.9 Å². The normalized spacial score (nSPS) is 19.8. The second kappa shape index (κ2) is 11.3. The monoisotopic (exact) mass is 472 g/mol. The lowest BCUT2D eigenvalue weighted by molar-refractivity contribution is 0.223. The number of rotatable bonds is 9. The van der Waals surface area contributed by atoms with Crippen LogP contribution in [-0.2, 0) is 0 Å². The van der Waals surface area contributed by atoms with Crippen molar-refractivity contribution in [3.63, 3.8) is 0 Å². The summed E-state index contributed by atoms with van der Waals surface area (Å²) >= 11 is 0. The molecule has 2 aromatic rings. The summed E-state index contributed by atoms with van der Waals surface area (Å²) in [5.41, 5.74) is 1.19. The summed E-state index contributed by atoms with van der Waals surface area (Å²) in [6.45, 7) is 11.3. The second-order valence-corrected chi connectivity index (χ2v) is 10.2. The molecule has 8 heteroatoms. The molecule has 3 N–H and O–H groups in total. The minimum atomic E-state index is -1.51. The minimum absolute atomic E-state index is 0.0584. The topological polar surface area (TPSA) is 78.9 Å². The molecule has 0 saturated heterocycles. The summed E-state index contributed by atoms with van der Waals surface area (Å²) in [5, 5.41) is 13.4. The van der Waals surface area contributed by atoms with E-state index < -0.39 is 11.5 Å². The van der Waals surface area contributed by atoms with Crippen LogP contribution in [-0.4, -0.2) is 42.2 Å². The first kappa shape index (κ1) is 26.2. The van der Waals surface area contributed by atoms with E-state index >= 15 is 4.39 Å². The van der Waals surface area contributed by atoms with Crippen molar-refractivity contribution in [3.8, 4) is 0 Å². The van der Waals surface area contributed by atoms with Gasteiger partial charge in [0.05, 0.1) is 23.6 Å². The zero-order chi connectivity index (χ0) is 24.9. The highest BCUT2D eigenvalue weighted by Gasteiger charge is 2.21. The van der Waals surface area contributed by atoms with E-state index in [0.29, 0.717) is 34.9 Å². The quantitative estimate of drug-likeness (QED) is 0.220. The highest BCUT2D eigenvalue weighted by molar-refractivity contribution is 6.01. The summed E-state index contributed by atoms with van der Waals surface area (Å²) in [6, 6.07) is 5.42. The molecule has 0 amide bonds. The largest absolute Gasteiger partial charge is 0.314 e. The van der Waals surface area contributed by atoms with E-state index in [0.717, 1.165) is 18.0 Å². The van der Waals surface area contributed by atoms with Crippen molar-refractivity contribution < 1.29 is 8.78 Å². The fourth-order valence-electron chi connectivity index (χ4n) is 4.74. The number of nitrogens with one attached hydrogen (secondary N) is 1. The molecule has 0 spiro atoms. The Morgan fingerprint density at radius 3 is 2.74 bits per heavy atom. The molecule has 34 heavy (non-hydrogen) atoms. The Morgan fingerprint density at radius 1 is 1.29 bits per heavy atom. The number of anilines is 1. The lowest BCUT2D eigenvalue weighted by atomic mass is 10.00. The molecular formula is C26H38F2N6. The van der Waals surface area contributed by atoms with Gasteiger partial charge in [-0.15, -0.1) is 0 Å². The number of pyridine rings is 1. The first-order valence-corrected chi connectivity index (χ1v) is 12.2. The van der Waals surface area contributed by atoms with Gasteiger partial charge in [-0.3, -0.25) is 0 Å². The number of alkyl halides is 1. The summed E-state index contributed by atoms with van der Waals surface area (Å²) < 4.78 is 29.1. The van der Waals surface area contributed by atoms with Crippen molar-refractivity contribution in [1.82, 2.24) is 10.3 Å². The predicted molar refractivity (Wildman–Crippen MR) is 138 cm³/mol. The van der Waals surface area contributed by atoms with Crippen LogP contribution >= 0.6 is 0 Å². The van der Waals surface area contributed by atoms with Crippen LogP contribution in [0.4, 0.5) is 14.5 Å². The molecule has 6 nitrogen and oxygen atoms in total. The van der Waals surface area contributed by atoms with Gasteiger partial charge < -0.3 is 10.3 Å². The van der Waals surface area contributed by atoms with Crippen molar-refractivity contribution in [2.24, 2.45) is 22.0 Å². The van der Waals surface area contributed by atoms with Crippen LogP contribution in [0.15, 0.2) is 28.4 Å². The number of halogens is 2. The van der Waals surface area contributed by atoms with E-state index in [1.54, 1.807) is 6.07 Å². The predicted octanol–water partition coefficient (Wildman–Crippen LogP) is 5.46. The molecule has 1 aliphatic carbocycles. The fraction of sp³-hybridized carbons (Fsp3) is 0.577. The first-order valence-electron chi connectivity index (χ1n) is 12.2. The Bertz CT molecular complexity index is 1030. The van der Waals surface area contributed by atoms with Crippen LogP contribution < -0.4 is 16.2 Å². The van der Waals surface area contributed by atoms with E-state index in [2.05, 4.69) is 34.1 Å². The SMILES string of the molecule is C=N/N=C(\CCNC1CCCCC(C)C1)c1cc(C)c2cc(N(N)CC(C)(C)F)cc(F)c2n1. The number of fused-ring (bicyclic) bond motifs is 1. The Balaban J connectivity index is 1.81. The summed E-state index contributed by atoms with van der Waals surface area (Å²) in [4.78, 5) is 4.57. The summed E-state index contributed by atoms with van der Waals surface area (Å²) in [6.07, 6.45) is 6.84. The van der Waals surface area contributed by atoms with Crippen LogP contribution in [0.5, 0.6) is 0 Å². The maximum Gasteiger partial charge on any atom is 0.151 e. The maximum atomic E-state index is 15.1. The number of hydrogen-bond acceptors (Lipinski definition) is 6. The third kappa shape index (κ3) is 7.03. The zero-order valence-electron chi connectivity index (χ0n) is 20.9. The van der Waals surface area contributed by atoms with Gasteiger partial charge in [0.2, 0.25) is 0 Å². The van der Waals surface area contributed by atoms with Gasteiger partial charge in [0.15, 0.2) is 5.82 Å². The number of aryl methyl sites for hydroxylation is 1. The highest BCUT2D eigenvalue weighted by atomic mass is 19.1. The molecule has 1 aromatic carbocycles. The van der Waals surface area contributed by atoms with Gasteiger partial charge in [0, 0.05) is 37.2 Å². The van der Waals surface area contributed by atoms with E-state index in [4.69, 9.17) is 5.84 Å². The number of aromatic nitrogens is 1. The van der Waals surface area contributed by atoms with Gasteiger partial charge in [-0.25, -0.2) is 19.6 Å². The molecule has 3 rings (SSSR count). The molecule has 0 radical (unpaired) electrons. The van der Waals surface area contributed by atoms with Crippen molar-refractivity contribution >= 4 is 29.0 Å². The van der Waals surface area contributed by atoms with E-state index in [1.165, 1.54) is 57.0 Å². The van der Waals surface area contributed by atoms with Gasteiger partial charge in [0.1, 0.15) is 11.2 Å². The number of benzene rings is 1. The molecule has 0 bridgehead atoms. The third-order valence-electron chi connectivity index (χ3n) is 6.40. The highest BCUT2D eigenvalue weighted by Crippen LogP contribution is 2.28. The van der Waals surface area contributed by atoms with Gasteiger partial charge in [-0.1, -0.05) is 26.2 Å². The van der Waals surface area contributed by atoms with Crippen LogP contribution in [0.2, 0.25) is 0 Å². The van der Waals surface area contributed by atoms with Crippen LogP contribution in [0.1, 0.15) is 70.6 Å². The van der Waals surface area contributed by atoms with E-state index in [-0.39, 0.29) is 12.1 Å². The number of hydrazine groups is 1. The van der Waals surface area contributed by atoms with Gasteiger partial charge in [-0.05, 0) is 57.2 Å². The molecule has 1 fully saturated rings. The average molecular weight is 473 g/mol. The van der Waals surface area contributed by atoms with Gasteiger partial charge in [-0.2, -0.15) is 10.2 Å². The van der Waals surface area contributed by atoms with Crippen LogP contribution in [0, 0.1) is 18.7 Å². The Labute approximate surface area is 201 Å². The molecule has 1 aliphatic rings. The average Bonchev–Trinajstić information content (AvgIpc) is 2.96. The summed E-state index contributed by atoms with van der Waals surface area (Å²) in [7, 11) is 0. The second-order valence-electron chi connectivity index (χ2n) is 10.2. The standard InChI is InChI=1S/C26H38F2N6/c1-17-8-6-7-9-19(12-17)31-11-10-23(33-30-5)24-13-18(2)21-14-20(15-22(27)25(21)32-24)34(29)16-26(3,4)28/h13-15,17,19,31H,5-12,16,29H2,1-4H3/b33-23+. The van der Waals surface area contributed by atoms with Crippen molar-refractivity contribution in [2.75, 3.05) is 18.1 Å². The van der Waals surface area contributed by atoms with E-state index in [1.807, 2.05) is 13.0 Å². The minimum Gasteiger partial charge on any atom is -0.314 e. The molecule has 1 aromatic heterocycles. The summed E-state index contributed by atoms with van der Waals surface area (Å²) in [5.74, 6) is 6.23. The Hall–Kier alpha value is -2.45. The Morgan fingerprint density at radius 2 is 2.03 bits per heavy atom. The van der Waals surface area contributed by atoms with E-state index in [9.17, 15) is 4.39 Å². The Kier molecular flexibility index (Phi) is 8.71. The first-order chi connectivity index (χ1) is 16.1. The smallest absolute Gasteiger partial charge is 0.151 e. The number of nitrogens with zero attached hydrogens (tertiary/aromatic N) is 4. The van der Waals surface area contributed by atoms with Crippen molar-refractivity contribution in [3.05, 3.63) is 35.3 Å². The molecule has 1 saturated carbocycles. The lowest BCUT2D eigenvalue weighted by Crippen LogP contribution is -2.40. The van der Waals surface area contributed by atoms with Crippen LogP contribution in [0.3, 0.4) is 0 Å². The molecule has 0 aliphatic heterocycles. The molecule has 2 atom stereocenters. The molecular weight excluding hydrogens is 434 g/mol. The fourth-order valence-corrected chi connectivity index (χ4v) is 4.74. The van der Waals surface area contributed by atoms with Gasteiger partial charge >= 0.3 is 0 Å². The van der Waals surface area contributed by atoms with Crippen molar-refractivity contribution in [2.45, 2.75) is 77.9 Å². The van der Waals surface area contributed by atoms with Crippen molar-refractivity contribution in [1.29, 1.82) is 0 Å². The molecule has 2 unspecified atom stereocenters. The number of hydrogen-bond donors (Lipinski definition) is 2.